The number of carbonyl (C=O) groups is 1. The summed E-state index contributed by atoms with van der Waals surface area (Å²) < 4.78 is 7.73. The Hall–Kier alpha value is -3.02. The van der Waals surface area contributed by atoms with Gasteiger partial charge in [0.2, 0.25) is 0 Å². The van der Waals surface area contributed by atoms with Gasteiger partial charge in [0.25, 0.3) is 0 Å². The Morgan fingerprint density at radius 1 is 1.23 bits per heavy atom. The number of hydrogen-bond acceptors (Lipinski definition) is 3. The van der Waals surface area contributed by atoms with Crippen molar-refractivity contribution in [3.05, 3.63) is 59.8 Å². The van der Waals surface area contributed by atoms with Crippen molar-refractivity contribution >= 4 is 17.0 Å². The SMILES string of the molecule is O=C(O)NCCOc1ccc2c(C3CC3)nn(Cc3ccccc3)c2c1. The maximum absolute atomic E-state index is 10.5. The number of amides is 1. The highest BCUT2D eigenvalue weighted by atomic mass is 16.5. The lowest BCUT2D eigenvalue weighted by Gasteiger charge is -2.08. The number of carboxylic acid groups (broad SMARTS) is 1. The molecular formula is C20H21N3O3. The second kappa shape index (κ2) is 7.07. The van der Waals surface area contributed by atoms with E-state index in [4.69, 9.17) is 14.9 Å². The van der Waals surface area contributed by atoms with Gasteiger partial charge in [-0.3, -0.25) is 4.68 Å². The Labute approximate surface area is 151 Å². The largest absolute Gasteiger partial charge is 0.492 e. The molecule has 0 saturated heterocycles. The van der Waals surface area contributed by atoms with E-state index in [0.717, 1.165) is 11.3 Å². The van der Waals surface area contributed by atoms with Crippen LogP contribution >= 0.6 is 0 Å². The van der Waals surface area contributed by atoms with Gasteiger partial charge in [0.05, 0.1) is 24.3 Å². The van der Waals surface area contributed by atoms with Crippen molar-refractivity contribution in [2.75, 3.05) is 13.2 Å². The van der Waals surface area contributed by atoms with Gasteiger partial charge in [-0.05, 0) is 30.5 Å². The van der Waals surface area contributed by atoms with Crippen LogP contribution in [0.25, 0.3) is 10.9 Å². The van der Waals surface area contributed by atoms with Crippen molar-refractivity contribution in [1.82, 2.24) is 15.1 Å². The smallest absolute Gasteiger partial charge is 0.404 e. The van der Waals surface area contributed by atoms with E-state index < -0.39 is 6.09 Å². The van der Waals surface area contributed by atoms with Crippen LogP contribution in [0.15, 0.2) is 48.5 Å². The van der Waals surface area contributed by atoms with Gasteiger partial charge in [0.1, 0.15) is 12.4 Å². The van der Waals surface area contributed by atoms with E-state index in [1.807, 2.05) is 35.0 Å². The highest BCUT2D eigenvalue weighted by molar-refractivity contribution is 5.84. The molecule has 1 amide bonds. The molecule has 4 rings (SSSR count). The van der Waals surface area contributed by atoms with Crippen molar-refractivity contribution in [1.29, 1.82) is 0 Å². The standard InChI is InChI=1S/C20H21N3O3/c24-20(25)21-10-11-26-16-8-9-17-18(12-16)23(22-19(17)15-6-7-15)13-14-4-2-1-3-5-14/h1-5,8-9,12,15,21H,6-7,10-11,13H2,(H,24,25). The zero-order valence-electron chi connectivity index (χ0n) is 14.4. The van der Waals surface area contributed by atoms with E-state index >= 15 is 0 Å². The number of rotatable bonds is 7. The predicted octanol–water partition coefficient (Wildman–Crippen LogP) is 3.61. The first kappa shape index (κ1) is 16.4. The minimum atomic E-state index is -1.04. The quantitative estimate of drug-likeness (QED) is 0.638. The van der Waals surface area contributed by atoms with E-state index in [0.29, 0.717) is 19.1 Å². The second-order valence-corrected chi connectivity index (χ2v) is 6.56. The number of nitrogens with one attached hydrogen (secondary N) is 1. The molecule has 0 atom stereocenters. The Morgan fingerprint density at radius 3 is 2.77 bits per heavy atom. The van der Waals surface area contributed by atoms with Crippen molar-refractivity contribution in [3.63, 3.8) is 0 Å². The molecule has 3 aromatic rings. The molecule has 26 heavy (non-hydrogen) atoms. The van der Waals surface area contributed by atoms with Gasteiger partial charge in [-0.1, -0.05) is 30.3 Å². The van der Waals surface area contributed by atoms with Gasteiger partial charge >= 0.3 is 6.09 Å². The molecule has 0 bridgehead atoms. The molecule has 0 unspecified atom stereocenters. The fourth-order valence-electron chi connectivity index (χ4n) is 3.13. The fourth-order valence-corrected chi connectivity index (χ4v) is 3.13. The average Bonchev–Trinajstić information content (AvgIpc) is 3.43. The van der Waals surface area contributed by atoms with Crippen LogP contribution in [-0.4, -0.2) is 34.1 Å². The summed E-state index contributed by atoms with van der Waals surface area (Å²) >= 11 is 0. The normalized spacial score (nSPS) is 13.7. The molecule has 1 saturated carbocycles. The summed E-state index contributed by atoms with van der Waals surface area (Å²) in [5, 5.41) is 17.0. The minimum Gasteiger partial charge on any atom is -0.492 e. The number of aromatic nitrogens is 2. The Kier molecular flexibility index (Phi) is 4.48. The molecule has 1 aromatic heterocycles. The fraction of sp³-hybridized carbons (Fsp3) is 0.300. The molecule has 0 radical (unpaired) electrons. The lowest BCUT2D eigenvalue weighted by Crippen LogP contribution is -2.26. The van der Waals surface area contributed by atoms with E-state index in [1.165, 1.54) is 29.5 Å². The van der Waals surface area contributed by atoms with E-state index in [1.54, 1.807) is 0 Å². The van der Waals surface area contributed by atoms with Crippen LogP contribution in [0.5, 0.6) is 5.75 Å². The summed E-state index contributed by atoms with van der Waals surface area (Å²) in [5.74, 6) is 1.29. The van der Waals surface area contributed by atoms with Gasteiger partial charge in [0.15, 0.2) is 0 Å². The predicted molar refractivity (Wildman–Crippen MR) is 98.8 cm³/mol. The summed E-state index contributed by atoms with van der Waals surface area (Å²) in [6, 6.07) is 16.3. The molecule has 6 heteroatoms. The van der Waals surface area contributed by atoms with Crippen LogP contribution < -0.4 is 10.1 Å². The summed E-state index contributed by atoms with van der Waals surface area (Å²) in [5.41, 5.74) is 3.44. The van der Waals surface area contributed by atoms with Crippen molar-refractivity contribution in [2.24, 2.45) is 0 Å². The number of ether oxygens (including phenoxy) is 1. The van der Waals surface area contributed by atoms with Crippen LogP contribution in [0.3, 0.4) is 0 Å². The third-order valence-electron chi connectivity index (χ3n) is 4.54. The topological polar surface area (TPSA) is 76.4 Å². The van der Waals surface area contributed by atoms with Gasteiger partial charge in [-0.25, -0.2) is 4.79 Å². The van der Waals surface area contributed by atoms with Gasteiger partial charge in [-0.15, -0.1) is 0 Å². The van der Waals surface area contributed by atoms with Crippen LogP contribution in [0.4, 0.5) is 4.79 Å². The average molecular weight is 351 g/mol. The first-order valence-electron chi connectivity index (χ1n) is 8.84. The zero-order chi connectivity index (χ0) is 17.9. The Morgan fingerprint density at radius 2 is 2.04 bits per heavy atom. The van der Waals surface area contributed by atoms with Crippen LogP contribution in [0.2, 0.25) is 0 Å². The first-order chi connectivity index (χ1) is 12.7. The van der Waals surface area contributed by atoms with Crippen molar-refractivity contribution in [2.45, 2.75) is 25.3 Å². The molecule has 2 aromatic carbocycles. The third-order valence-corrected chi connectivity index (χ3v) is 4.54. The first-order valence-corrected chi connectivity index (χ1v) is 8.84. The summed E-state index contributed by atoms with van der Waals surface area (Å²) in [4.78, 5) is 10.5. The highest BCUT2D eigenvalue weighted by Crippen LogP contribution is 2.43. The lowest BCUT2D eigenvalue weighted by molar-refractivity contribution is 0.191. The van der Waals surface area contributed by atoms with E-state index in [9.17, 15) is 4.79 Å². The van der Waals surface area contributed by atoms with Crippen molar-refractivity contribution in [3.8, 4) is 5.75 Å². The molecule has 1 heterocycles. The minimum absolute atomic E-state index is 0.254. The molecule has 134 valence electrons. The van der Waals surface area contributed by atoms with Gasteiger partial charge in [0, 0.05) is 17.4 Å². The monoisotopic (exact) mass is 351 g/mol. The summed E-state index contributed by atoms with van der Waals surface area (Å²) in [7, 11) is 0. The molecule has 0 aliphatic heterocycles. The Balaban J connectivity index is 1.59. The summed E-state index contributed by atoms with van der Waals surface area (Å²) in [6.07, 6.45) is 1.37. The second-order valence-electron chi connectivity index (χ2n) is 6.56. The van der Waals surface area contributed by atoms with Gasteiger partial charge < -0.3 is 15.2 Å². The number of benzene rings is 2. The van der Waals surface area contributed by atoms with E-state index in [-0.39, 0.29) is 6.54 Å². The maximum atomic E-state index is 10.5. The summed E-state index contributed by atoms with van der Waals surface area (Å²) in [6.45, 7) is 1.26. The van der Waals surface area contributed by atoms with Gasteiger partial charge in [-0.2, -0.15) is 5.10 Å². The lowest BCUT2D eigenvalue weighted by atomic mass is 10.1. The molecule has 1 aliphatic rings. The molecule has 0 spiro atoms. The molecule has 2 N–H and O–H groups in total. The van der Waals surface area contributed by atoms with Crippen molar-refractivity contribution < 1.29 is 14.6 Å². The third kappa shape index (κ3) is 3.64. The number of fused-ring (bicyclic) bond motifs is 1. The number of hydrogen-bond donors (Lipinski definition) is 2. The van der Waals surface area contributed by atoms with Crippen LogP contribution in [0, 0.1) is 0 Å². The molecular weight excluding hydrogens is 330 g/mol. The van der Waals surface area contributed by atoms with E-state index in [2.05, 4.69) is 23.5 Å². The highest BCUT2D eigenvalue weighted by Gasteiger charge is 2.29. The maximum Gasteiger partial charge on any atom is 0.404 e. The van der Waals surface area contributed by atoms with Crippen LogP contribution in [-0.2, 0) is 6.54 Å². The van der Waals surface area contributed by atoms with Crippen LogP contribution in [0.1, 0.15) is 30.0 Å². The Bertz CT molecular complexity index is 917. The molecule has 6 nitrogen and oxygen atoms in total. The molecule has 1 fully saturated rings. The zero-order valence-corrected chi connectivity index (χ0v) is 14.4. The molecule has 1 aliphatic carbocycles. The number of nitrogens with zero attached hydrogens (tertiary/aromatic N) is 2.